The first-order valence-corrected chi connectivity index (χ1v) is 8.86. The Kier molecular flexibility index (Phi) is 7.01. The number of carbonyl (C=O) groups is 2. The van der Waals surface area contributed by atoms with Crippen molar-refractivity contribution in [3.05, 3.63) is 53.8 Å². The number of esters is 2. The third kappa shape index (κ3) is 4.34. The molecule has 0 bridgehead atoms. The highest BCUT2D eigenvalue weighted by molar-refractivity contribution is 6.01. The summed E-state index contributed by atoms with van der Waals surface area (Å²) < 4.78 is 15.5. The molecular weight excluding hydrogens is 332 g/mol. The number of methoxy groups -OCH3 is 1. The van der Waals surface area contributed by atoms with E-state index in [1.807, 2.05) is 42.5 Å². The number of carbonyl (C=O) groups excluding carboxylic acids is 2. The van der Waals surface area contributed by atoms with Gasteiger partial charge in [-0.15, -0.1) is 0 Å². The first-order valence-electron chi connectivity index (χ1n) is 8.86. The van der Waals surface area contributed by atoms with Crippen LogP contribution in [0, 0.1) is 11.3 Å². The van der Waals surface area contributed by atoms with Gasteiger partial charge in [0.2, 0.25) is 0 Å². The van der Waals surface area contributed by atoms with Crippen molar-refractivity contribution in [2.24, 2.45) is 11.3 Å². The molecule has 0 spiro atoms. The van der Waals surface area contributed by atoms with Crippen LogP contribution >= 0.6 is 0 Å². The Morgan fingerprint density at radius 1 is 1.12 bits per heavy atom. The van der Waals surface area contributed by atoms with Gasteiger partial charge in [0.25, 0.3) is 0 Å². The summed E-state index contributed by atoms with van der Waals surface area (Å²) >= 11 is 0. The van der Waals surface area contributed by atoms with E-state index in [0.717, 1.165) is 11.1 Å². The van der Waals surface area contributed by atoms with E-state index in [2.05, 4.69) is 0 Å². The summed E-state index contributed by atoms with van der Waals surface area (Å²) in [5.41, 5.74) is 0.683. The fourth-order valence-electron chi connectivity index (χ4n) is 3.28. The van der Waals surface area contributed by atoms with Crippen LogP contribution in [0.4, 0.5) is 0 Å². The van der Waals surface area contributed by atoms with Crippen LogP contribution in [-0.4, -0.2) is 32.3 Å². The second kappa shape index (κ2) is 9.22. The van der Waals surface area contributed by atoms with Gasteiger partial charge in [0, 0.05) is 5.92 Å². The molecule has 0 aliphatic heterocycles. The van der Waals surface area contributed by atoms with Gasteiger partial charge in [0.15, 0.2) is 5.41 Å². The molecule has 1 atom stereocenters. The summed E-state index contributed by atoms with van der Waals surface area (Å²) in [4.78, 5) is 25.4. The Bertz CT molecular complexity index is 657. The molecule has 26 heavy (non-hydrogen) atoms. The molecule has 1 aliphatic rings. The molecule has 0 N–H and O–H groups in total. The maximum Gasteiger partial charge on any atom is 0.323 e. The van der Waals surface area contributed by atoms with Crippen LogP contribution in [0.1, 0.15) is 32.3 Å². The second-order valence-corrected chi connectivity index (χ2v) is 6.20. The van der Waals surface area contributed by atoms with Crippen molar-refractivity contribution in [3.8, 4) is 0 Å². The lowest BCUT2D eigenvalue weighted by Crippen LogP contribution is -2.40. The molecule has 0 radical (unpaired) electrons. The van der Waals surface area contributed by atoms with Crippen molar-refractivity contribution in [2.45, 2.75) is 26.7 Å². The molecule has 0 unspecified atom stereocenters. The standard InChI is InChI=1S/C21H26O5/c1-4-25-19(22)21(20(23)26-5-2)14-17(11-12-24-3)18(15-21)13-16-9-7-6-8-10-16/h6-13,17H,4-5,14-15H2,1-3H3/b12-11+,18-13+/t17-/m0/s1. The van der Waals surface area contributed by atoms with Gasteiger partial charge in [-0.1, -0.05) is 42.0 Å². The molecule has 5 heteroatoms. The molecule has 5 nitrogen and oxygen atoms in total. The van der Waals surface area contributed by atoms with Crippen molar-refractivity contribution in [3.63, 3.8) is 0 Å². The van der Waals surface area contributed by atoms with Crippen molar-refractivity contribution in [2.75, 3.05) is 20.3 Å². The fourth-order valence-corrected chi connectivity index (χ4v) is 3.28. The highest BCUT2D eigenvalue weighted by Crippen LogP contribution is 2.48. The number of rotatable bonds is 7. The third-order valence-electron chi connectivity index (χ3n) is 4.48. The number of hydrogen-bond donors (Lipinski definition) is 0. The molecule has 0 heterocycles. The molecule has 1 saturated carbocycles. The highest BCUT2D eigenvalue weighted by atomic mass is 16.6. The van der Waals surface area contributed by atoms with Crippen molar-refractivity contribution >= 4 is 18.0 Å². The van der Waals surface area contributed by atoms with E-state index in [4.69, 9.17) is 14.2 Å². The Hall–Kier alpha value is -2.56. The fraction of sp³-hybridized carbons (Fsp3) is 0.429. The first kappa shape index (κ1) is 19.8. The van der Waals surface area contributed by atoms with Crippen LogP contribution in [0.5, 0.6) is 0 Å². The van der Waals surface area contributed by atoms with E-state index in [9.17, 15) is 9.59 Å². The Morgan fingerprint density at radius 2 is 1.73 bits per heavy atom. The third-order valence-corrected chi connectivity index (χ3v) is 4.48. The lowest BCUT2D eigenvalue weighted by Gasteiger charge is -2.24. The Balaban J connectivity index is 2.44. The van der Waals surface area contributed by atoms with Crippen molar-refractivity contribution < 1.29 is 23.8 Å². The van der Waals surface area contributed by atoms with Crippen LogP contribution in [0.15, 0.2) is 48.2 Å². The molecule has 1 aromatic carbocycles. The quantitative estimate of drug-likeness (QED) is 0.422. The van der Waals surface area contributed by atoms with Crippen LogP contribution in [0.2, 0.25) is 0 Å². The van der Waals surface area contributed by atoms with E-state index < -0.39 is 17.4 Å². The predicted molar refractivity (Wildman–Crippen MR) is 99.0 cm³/mol. The number of allylic oxidation sites excluding steroid dienone is 2. The monoisotopic (exact) mass is 358 g/mol. The first-order chi connectivity index (χ1) is 12.6. The molecular formula is C21H26O5. The molecule has 0 amide bonds. The lowest BCUT2D eigenvalue weighted by molar-refractivity contribution is -0.171. The minimum atomic E-state index is -1.31. The Labute approximate surface area is 154 Å². The molecule has 1 aromatic rings. The SMILES string of the molecule is CCOC(=O)C1(C(=O)OCC)C/C(=C\c2ccccc2)[C@@H](/C=C/OC)C1. The molecule has 2 rings (SSSR count). The number of benzene rings is 1. The van der Waals surface area contributed by atoms with E-state index in [0.29, 0.717) is 6.42 Å². The van der Waals surface area contributed by atoms with Gasteiger partial charge >= 0.3 is 11.9 Å². The van der Waals surface area contributed by atoms with Gasteiger partial charge in [-0.05, 0) is 38.3 Å². The summed E-state index contributed by atoms with van der Waals surface area (Å²) in [6.45, 7) is 3.90. The van der Waals surface area contributed by atoms with E-state index in [1.54, 1.807) is 27.2 Å². The summed E-state index contributed by atoms with van der Waals surface area (Å²) in [6.07, 6.45) is 6.05. The summed E-state index contributed by atoms with van der Waals surface area (Å²) in [6, 6.07) is 9.81. The zero-order chi connectivity index (χ0) is 19.0. The Morgan fingerprint density at radius 3 is 2.27 bits per heavy atom. The van der Waals surface area contributed by atoms with Crippen LogP contribution in [0.3, 0.4) is 0 Å². The van der Waals surface area contributed by atoms with Crippen LogP contribution in [-0.2, 0) is 23.8 Å². The van der Waals surface area contributed by atoms with E-state index in [1.165, 1.54) is 0 Å². The molecule has 0 saturated heterocycles. The largest absolute Gasteiger partial charge is 0.505 e. The van der Waals surface area contributed by atoms with Crippen molar-refractivity contribution in [1.82, 2.24) is 0 Å². The highest BCUT2D eigenvalue weighted by Gasteiger charge is 2.55. The normalized spacial score (nSPS) is 20.3. The van der Waals surface area contributed by atoms with Gasteiger partial charge in [-0.25, -0.2) is 0 Å². The molecule has 1 fully saturated rings. The zero-order valence-electron chi connectivity index (χ0n) is 15.6. The lowest BCUT2D eigenvalue weighted by atomic mass is 9.85. The summed E-state index contributed by atoms with van der Waals surface area (Å²) in [5, 5.41) is 0. The van der Waals surface area contributed by atoms with E-state index >= 15 is 0 Å². The van der Waals surface area contributed by atoms with Crippen LogP contribution in [0.25, 0.3) is 6.08 Å². The minimum absolute atomic E-state index is 0.107. The minimum Gasteiger partial charge on any atom is -0.505 e. The number of ether oxygens (including phenoxy) is 3. The molecule has 0 aromatic heterocycles. The van der Waals surface area contributed by atoms with Crippen LogP contribution < -0.4 is 0 Å². The zero-order valence-corrected chi connectivity index (χ0v) is 15.6. The van der Waals surface area contributed by atoms with Gasteiger partial charge in [-0.2, -0.15) is 0 Å². The second-order valence-electron chi connectivity index (χ2n) is 6.20. The topological polar surface area (TPSA) is 61.8 Å². The average Bonchev–Trinajstić information content (AvgIpc) is 3.01. The predicted octanol–water partition coefficient (Wildman–Crippen LogP) is 3.75. The summed E-state index contributed by atoms with van der Waals surface area (Å²) in [5.74, 6) is -1.15. The maximum absolute atomic E-state index is 12.7. The van der Waals surface area contributed by atoms with E-state index in [-0.39, 0.29) is 25.6 Å². The average molecular weight is 358 g/mol. The molecule has 140 valence electrons. The summed E-state index contributed by atoms with van der Waals surface area (Å²) in [7, 11) is 1.57. The van der Waals surface area contributed by atoms with Gasteiger partial charge in [-0.3, -0.25) is 9.59 Å². The van der Waals surface area contributed by atoms with Gasteiger partial charge < -0.3 is 14.2 Å². The number of hydrogen-bond acceptors (Lipinski definition) is 5. The van der Waals surface area contributed by atoms with Gasteiger partial charge in [0.1, 0.15) is 0 Å². The molecule has 1 aliphatic carbocycles. The van der Waals surface area contributed by atoms with Gasteiger partial charge in [0.05, 0.1) is 26.6 Å². The van der Waals surface area contributed by atoms with Crippen molar-refractivity contribution in [1.29, 1.82) is 0 Å². The maximum atomic E-state index is 12.7. The smallest absolute Gasteiger partial charge is 0.323 e.